The molecule has 0 saturated heterocycles. The van der Waals surface area contributed by atoms with E-state index in [0.29, 0.717) is 11.6 Å². The average molecular weight is 542 g/mol. The van der Waals surface area contributed by atoms with Gasteiger partial charge in [-0.3, -0.25) is 4.79 Å². The smallest absolute Gasteiger partial charge is 0.256 e. The number of hydrogen-bond acceptors (Lipinski definition) is 6. The van der Waals surface area contributed by atoms with Crippen LogP contribution in [-0.4, -0.2) is 50.3 Å². The molecule has 0 spiro atoms. The van der Waals surface area contributed by atoms with Crippen molar-refractivity contribution >= 4 is 53.8 Å². The zero-order valence-electron chi connectivity index (χ0n) is 20.7. The van der Waals surface area contributed by atoms with Crippen LogP contribution in [0.15, 0.2) is 53.4 Å². The Morgan fingerprint density at radius 2 is 1.81 bits per heavy atom. The molecule has 1 atom stereocenters. The molecule has 0 aliphatic carbocycles. The van der Waals surface area contributed by atoms with Crippen molar-refractivity contribution in [2.24, 2.45) is 0 Å². The van der Waals surface area contributed by atoms with Gasteiger partial charge in [-0.1, -0.05) is 12.1 Å². The second-order valence-corrected chi connectivity index (χ2v) is 13.7. The Kier molecular flexibility index (Phi) is 6.73. The molecular weight excluding hydrogens is 513 g/mol. The predicted octanol–water partition coefficient (Wildman–Crippen LogP) is 3.88. The number of nitrogens with one attached hydrogen (secondary N) is 2. The number of hydrogen-bond donors (Lipinski definition) is 2. The molecule has 2 aromatic carbocycles. The molecule has 1 unspecified atom stereocenters. The maximum atomic E-state index is 13.3. The number of thiophene rings is 1. The van der Waals surface area contributed by atoms with Gasteiger partial charge in [0.1, 0.15) is 16.6 Å². The van der Waals surface area contributed by atoms with E-state index in [1.54, 1.807) is 34.8 Å². The Bertz CT molecular complexity index is 1500. The summed E-state index contributed by atoms with van der Waals surface area (Å²) in [4.78, 5) is 21.2. The van der Waals surface area contributed by atoms with Gasteiger partial charge in [0.05, 0.1) is 32.6 Å². The summed E-state index contributed by atoms with van der Waals surface area (Å²) in [7, 11) is -0.581. The fourth-order valence-corrected chi connectivity index (χ4v) is 7.76. The van der Waals surface area contributed by atoms with Gasteiger partial charge in [0.2, 0.25) is 10.0 Å². The van der Waals surface area contributed by atoms with Crippen LogP contribution in [0.2, 0.25) is 0 Å². The van der Waals surface area contributed by atoms with E-state index in [-0.39, 0.29) is 10.8 Å². The summed E-state index contributed by atoms with van der Waals surface area (Å²) in [5.74, 6) is -0.266. The van der Waals surface area contributed by atoms with E-state index in [1.165, 1.54) is 41.6 Å². The van der Waals surface area contributed by atoms with Crippen molar-refractivity contribution in [1.82, 2.24) is 9.29 Å². The van der Waals surface area contributed by atoms with Crippen molar-refractivity contribution in [3.63, 3.8) is 0 Å². The molecule has 3 heterocycles. The number of benzene rings is 2. The van der Waals surface area contributed by atoms with Crippen molar-refractivity contribution in [3.8, 4) is 10.6 Å². The van der Waals surface area contributed by atoms with Gasteiger partial charge in [-0.2, -0.15) is 0 Å². The third-order valence-electron chi connectivity index (χ3n) is 6.62. The lowest BCUT2D eigenvalue weighted by Crippen LogP contribution is -3.14. The number of carbonyl (C=O) groups is 1. The quantitative estimate of drug-likeness (QED) is 0.388. The normalized spacial score (nSPS) is 16.0. The molecule has 0 bridgehead atoms. The summed E-state index contributed by atoms with van der Waals surface area (Å²) in [5, 5.41) is 4.85. The van der Waals surface area contributed by atoms with Crippen LogP contribution in [-0.2, 0) is 23.0 Å². The number of aromatic nitrogens is 1. The van der Waals surface area contributed by atoms with Crippen LogP contribution < -0.4 is 10.2 Å². The fraction of sp³-hybridized carbons (Fsp3) is 0.308. The van der Waals surface area contributed by atoms with Crippen molar-refractivity contribution in [2.75, 3.05) is 26.0 Å². The standard InChI is InChI=1S/C26H28N4O3S3/c1-16(2)30-14-13-19-22(15-30)35-26(23(19)25-27-20-7-5-6-8-21(20)34-25)28-24(31)17-9-11-18(12-10-17)36(32,33)29(3)4/h5-12,16H,13-15H2,1-4H3,(H,28,31)/p+1. The number of quaternary nitrogens is 1. The van der Waals surface area contributed by atoms with Crippen LogP contribution in [0.1, 0.15) is 34.6 Å². The number of amides is 1. The molecule has 188 valence electrons. The Morgan fingerprint density at radius 1 is 1.08 bits per heavy atom. The number of anilines is 1. The minimum atomic E-state index is -3.55. The molecule has 2 aromatic heterocycles. The molecule has 5 rings (SSSR count). The highest BCUT2D eigenvalue weighted by molar-refractivity contribution is 7.89. The topological polar surface area (TPSA) is 83.8 Å². The van der Waals surface area contributed by atoms with Gasteiger partial charge in [0.15, 0.2) is 0 Å². The largest absolute Gasteiger partial charge is 0.328 e. The maximum absolute atomic E-state index is 13.3. The van der Waals surface area contributed by atoms with E-state index in [1.807, 2.05) is 18.2 Å². The van der Waals surface area contributed by atoms with Gasteiger partial charge in [-0.15, -0.1) is 22.7 Å². The van der Waals surface area contributed by atoms with E-state index in [0.717, 1.165) is 49.6 Å². The number of rotatable bonds is 6. The molecule has 1 amide bonds. The highest BCUT2D eigenvalue weighted by atomic mass is 32.2. The van der Waals surface area contributed by atoms with Gasteiger partial charge in [-0.05, 0) is 55.8 Å². The van der Waals surface area contributed by atoms with Gasteiger partial charge < -0.3 is 10.2 Å². The Labute approximate surface area is 219 Å². The van der Waals surface area contributed by atoms with Crippen molar-refractivity contribution in [1.29, 1.82) is 0 Å². The molecule has 1 aliphatic rings. The molecule has 2 N–H and O–H groups in total. The van der Waals surface area contributed by atoms with E-state index < -0.39 is 10.0 Å². The van der Waals surface area contributed by atoms with Crippen LogP contribution in [0.25, 0.3) is 20.8 Å². The second kappa shape index (κ2) is 9.68. The summed E-state index contributed by atoms with van der Waals surface area (Å²) in [6, 6.07) is 14.7. The molecule has 36 heavy (non-hydrogen) atoms. The van der Waals surface area contributed by atoms with Crippen LogP contribution in [0, 0.1) is 0 Å². The number of thiazole rings is 1. The first-order valence-corrected chi connectivity index (χ1v) is 14.9. The SMILES string of the molecule is CC(C)[NH+]1CCc2c(sc(NC(=O)c3ccc(S(=O)(=O)N(C)C)cc3)c2-c2nc3ccccc3s2)C1. The van der Waals surface area contributed by atoms with Crippen LogP contribution in [0.5, 0.6) is 0 Å². The lowest BCUT2D eigenvalue weighted by molar-refractivity contribution is -0.936. The highest BCUT2D eigenvalue weighted by Gasteiger charge is 2.31. The molecule has 0 radical (unpaired) electrons. The third kappa shape index (κ3) is 4.59. The molecule has 0 fully saturated rings. The van der Waals surface area contributed by atoms with E-state index >= 15 is 0 Å². The number of nitrogens with zero attached hydrogens (tertiary/aromatic N) is 2. The van der Waals surface area contributed by atoms with Crippen LogP contribution in [0.3, 0.4) is 0 Å². The van der Waals surface area contributed by atoms with Gasteiger partial charge >= 0.3 is 0 Å². The Hall–Kier alpha value is -2.63. The molecule has 7 nitrogen and oxygen atoms in total. The van der Waals surface area contributed by atoms with Gasteiger partial charge in [0, 0.05) is 31.6 Å². The van der Waals surface area contributed by atoms with Crippen molar-refractivity contribution < 1.29 is 18.1 Å². The third-order valence-corrected chi connectivity index (χ3v) is 10.7. The first-order chi connectivity index (χ1) is 17.1. The number of sulfonamides is 1. The minimum absolute atomic E-state index is 0.155. The molecule has 10 heteroatoms. The monoisotopic (exact) mass is 541 g/mol. The van der Waals surface area contributed by atoms with Gasteiger partial charge in [-0.25, -0.2) is 17.7 Å². The fourth-order valence-electron chi connectivity index (χ4n) is 4.45. The summed E-state index contributed by atoms with van der Waals surface area (Å²) < 4.78 is 27.0. The lowest BCUT2D eigenvalue weighted by Gasteiger charge is -2.27. The minimum Gasteiger partial charge on any atom is -0.328 e. The van der Waals surface area contributed by atoms with Gasteiger partial charge in [0.25, 0.3) is 5.91 Å². The predicted molar refractivity (Wildman–Crippen MR) is 147 cm³/mol. The zero-order valence-corrected chi connectivity index (χ0v) is 23.1. The summed E-state index contributed by atoms with van der Waals surface area (Å²) >= 11 is 3.28. The van der Waals surface area contributed by atoms with Crippen molar-refractivity contribution in [2.45, 2.75) is 37.8 Å². The summed E-state index contributed by atoms with van der Waals surface area (Å²) in [5.41, 5.74) is 3.67. The number of carbonyl (C=O) groups excluding carboxylic acids is 1. The highest BCUT2D eigenvalue weighted by Crippen LogP contribution is 2.44. The average Bonchev–Trinajstić information content (AvgIpc) is 3.43. The van der Waals surface area contributed by atoms with E-state index in [9.17, 15) is 13.2 Å². The summed E-state index contributed by atoms with van der Waals surface area (Å²) in [6.07, 6.45) is 0.942. The van der Waals surface area contributed by atoms with Crippen LogP contribution >= 0.6 is 22.7 Å². The second-order valence-electron chi connectivity index (χ2n) is 9.45. The lowest BCUT2D eigenvalue weighted by atomic mass is 10.0. The molecule has 0 saturated carbocycles. The zero-order chi connectivity index (χ0) is 25.6. The van der Waals surface area contributed by atoms with Crippen LogP contribution in [0.4, 0.5) is 5.00 Å². The first kappa shape index (κ1) is 25.0. The van der Waals surface area contributed by atoms with Crippen molar-refractivity contribution in [3.05, 3.63) is 64.5 Å². The van der Waals surface area contributed by atoms with E-state index in [2.05, 4.69) is 25.2 Å². The Morgan fingerprint density at radius 3 is 2.47 bits per heavy atom. The number of para-hydroxylation sites is 1. The molecule has 4 aromatic rings. The molecular formula is C26H29N4O3S3+. The first-order valence-electron chi connectivity index (χ1n) is 11.8. The maximum Gasteiger partial charge on any atom is 0.256 e. The Balaban J connectivity index is 1.51. The number of fused-ring (bicyclic) bond motifs is 2. The summed E-state index contributed by atoms with van der Waals surface area (Å²) in [6.45, 7) is 6.47. The van der Waals surface area contributed by atoms with E-state index in [4.69, 9.17) is 4.98 Å². The molecule has 1 aliphatic heterocycles.